The van der Waals surface area contributed by atoms with Crippen LogP contribution >= 0.6 is 11.6 Å². The summed E-state index contributed by atoms with van der Waals surface area (Å²) in [5, 5.41) is 2.73. The molecule has 0 aromatic carbocycles. The number of hydrogen-bond donors (Lipinski definition) is 3. The molecule has 4 N–H and O–H groups in total. The number of ether oxygens (including phenoxy) is 1. The molecule has 3 unspecified atom stereocenters. The minimum atomic E-state index is -3.89. The van der Waals surface area contributed by atoms with E-state index >= 15 is 0 Å². The maximum absolute atomic E-state index is 12.8. The first kappa shape index (κ1) is 23.2. The lowest BCUT2D eigenvalue weighted by Crippen LogP contribution is -2.60. The molecule has 0 saturated heterocycles. The number of sulfonamides is 1. The first-order valence-electron chi connectivity index (χ1n) is 9.95. The van der Waals surface area contributed by atoms with Gasteiger partial charge >= 0.3 is 11.6 Å². The van der Waals surface area contributed by atoms with Crippen LogP contribution in [0.3, 0.4) is 0 Å². The molecule has 3 atom stereocenters. The van der Waals surface area contributed by atoms with Gasteiger partial charge in [0.1, 0.15) is 11.5 Å². The van der Waals surface area contributed by atoms with Gasteiger partial charge in [0, 0.05) is 35.7 Å². The summed E-state index contributed by atoms with van der Waals surface area (Å²) in [5.41, 5.74) is 7.39. The minimum Gasteiger partial charge on any atom is -0.454 e. The fourth-order valence-electron chi connectivity index (χ4n) is 3.60. The SMILES string of the molecule is CNS(=O)(=O)C1(N)C=C(Cc2c(C)c3c(oc2=O)=CC(Oc2ncccn2)C(Cl)C=3)C=CN1. The lowest BCUT2D eigenvalue weighted by Gasteiger charge is -2.29. The minimum absolute atomic E-state index is 0.121. The lowest BCUT2D eigenvalue weighted by atomic mass is 9.97. The molecule has 0 saturated carbocycles. The van der Waals surface area contributed by atoms with Crippen LogP contribution in [0.5, 0.6) is 6.01 Å². The number of nitrogens with two attached hydrogens (primary N) is 1. The van der Waals surface area contributed by atoms with Crippen LogP contribution in [-0.2, 0) is 16.4 Å². The zero-order valence-electron chi connectivity index (χ0n) is 17.8. The first-order chi connectivity index (χ1) is 15.6. The molecule has 10 nitrogen and oxygen atoms in total. The fraction of sp³-hybridized carbons (Fsp3) is 0.286. The summed E-state index contributed by atoms with van der Waals surface area (Å²) < 4.78 is 38.1. The standard InChI is InChI=1S/C21H22ClN5O5S/c1-12-14-9-16(22)18(32-20-25-5-3-6-26-20)10-17(14)31-19(28)15(12)8-13-4-7-27-21(23,11-13)33(29,30)24-2/h3-7,9-11,16,18,24,27H,8,23H2,1-2H3. The molecule has 0 fully saturated rings. The second kappa shape index (κ2) is 8.75. The second-order valence-electron chi connectivity index (χ2n) is 7.54. The molecule has 1 aliphatic heterocycles. The Kier molecular flexibility index (Phi) is 6.14. The van der Waals surface area contributed by atoms with Gasteiger partial charge in [0.25, 0.3) is 10.0 Å². The van der Waals surface area contributed by atoms with Crippen molar-refractivity contribution in [3.8, 4) is 6.01 Å². The van der Waals surface area contributed by atoms with E-state index < -0.39 is 32.1 Å². The van der Waals surface area contributed by atoms with E-state index in [-0.39, 0.29) is 12.4 Å². The van der Waals surface area contributed by atoms with E-state index in [9.17, 15) is 13.2 Å². The Morgan fingerprint density at radius 3 is 2.76 bits per heavy atom. The molecule has 2 aliphatic rings. The molecule has 174 valence electrons. The van der Waals surface area contributed by atoms with Gasteiger partial charge in [0.15, 0.2) is 0 Å². The Bertz CT molecular complexity index is 1420. The van der Waals surface area contributed by atoms with E-state index in [0.29, 0.717) is 27.3 Å². The number of dihydropyridines is 1. The molecule has 12 heteroatoms. The van der Waals surface area contributed by atoms with E-state index in [1.807, 2.05) is 0 Å². The van der Waals surface area contributed by atoms with Gasteiger partial charge in [-0.15, -0.1) is 11.6 Å². The van der Waals surface area contributed by atoms with Gasteiger partial charge in [-0.05, 0) is 49.5 Å². The van der Waals surface area contributed by atoms with Crippen molar-refractivity contribution in [2.45, 2.75) is 29.8 Å². The summed E-state index contributed by atoms with van der Waals surface area (Å²) >= 11 is 6.51. The molecular weight excluding hydrogens is 470 g/mol. The van der Waals surface area contributed by atoms with E-state index in [1.54, 1.807) is 43.6 Å². The fourth-order valence-corrected chi connectivity index (χ4v) is 4.71. The summed E-state index contributed by atoms with van der Waals surface area (Å²) in [4.78, 5) is 19.0. The van der Waals surface area contributed by atoms with Gasteiger partial charge in [-0.2, -0.15) is 0 Å². The van der Waals surface area contributed by atoms with Crippen LogP contribution in [0.25, 0.3) is 12.2 Å². The summed E-state index contributed by atoms with van der Waals surface area (Å²) in [7, 11) is -2.61. The zero-order chi connectivity index (χ0) is 23.8. The van der Waals surface area contributed by atoms with Crippen molar-refractivity contribution >= 4 is 33.8 Å². The Hall–Kier alpha value is -2.99. The molecule has 33 heavy (non-hydrogen) atoms. The third kappa shape index (κ3) is 4.44. The van der Waals surface area contributed by atoms with Crippen LogP contribution in [0.1, 0.15) is 11.1 Å². The van der Waals surface area contributed by atoms with Gasteiger partial charge in [-0.1, -0.05) is 6.08 Å². The number of allylic oxidation sites excluding steroid dienone is 2. The van der Waals surface area contributed by atoms with Crippen molar-refractivity contribution < 1.29 is 17.6 Å². The number of nitrogens with one attached hydrogen (secondary N) is 2. The van der Waals surface area contributed by atoms with Gasteiger partial charge in [0.2, 0.25) is 4.99 Å². The van der Waals surface area contributed by atoms with Gasteiger partial charge in [-0.25, -0.2) is 27.9 Å². The monoisotopic (exact) mass is 491 g/mol. The molecule has 0 amide bonds. The van der Waals surface area contributed by atoms with Crippen molar-refractivity contribution in [2.75, 3.05) is 7.05 Å². The maximum Gasteiger partial charge on any atom is 0.340 e. The van der Waals surface area contributed by atoms with Gasteiger partial charge in [-0.3, -0.25) is 5.73 Å². The van der Waals surface area contributed by atoms with Crippen LogP contribution in [0.4, 0.5) is 0 Å². The Morgan fingerprint density at radius 1 is 1.33 bits per heavy atom. The van der Waals surface area contributed by atoms with E-state index in [4.69, 9.17) is 26.5 Å². The Morgan fingerprint density at radius 2 is 2.06 bits per heavy atom. The van der Waals surface area contributed by atoms with Crippen LogP contribution < -0.4 is 36.8 Å². The number of aromatic nitrogens is 2. The average molecular weight is 492 g/mol. The molecule has 0 spiro atoms. The Balaban J connectivity index is 1.70. The second-order valence-corrected chi connectivity index (χ2v) is 10.1. The van der Waals surface area contributed by atoms with Crippen LogP contribution in [-0.4, -0.2) is 41.9 Å². The molecule has 2 aromatic rings. The normalized spacial score (nSPS) is 24.1. The van der Waals surface area contributed by atoms with Crippen molar-refractivity contribution in [3.05, 3.63) is 74.6 Å². The van der Waals surface area contributed by atoms with E-state index in [0.717, 1.165) is 0 Å². The van der Waals surface area contributed by atoms with E-state index in [2.05, 4.69) is 20.0 Å². The smallest absolute Gasteiger partial charge is 0.340 e. The van der Waals surface area contributed by atoms with Gasteiger partial charge < -0.3 is 14.5 Å². The largest absolute Gasteiger partial charge is 0.454 e. The van der Waals surface area contributed by atoms with Crippen LogP contribution in [0.2, 0.25) is 0 Å². The first-order valence-corrected chi connectivity index (χ1v) is 11.9. The highest BCUT2D eigenvalue weighted by atomic mass is 35.5. The highest BCUT2D eigenvalue weighted by molar-refractivity contribution is 7.91. The van der Waals surface area contributed by atoms with E-state index in [1.165, 1.54) is 19.3 Å². The summed E-state index contributed by atoms with van der Waals surface area (Å²) in [6, 6.07) is 1.82. The number of hydrogen-bond acceptors (Lipinski definition) is 9. The zero-order valence-corrected chi connectivity index (χ0v) is 19.4. The number of alkyl halides is 1. The lowest BCUT2D eigenvalue weighted by molar-refractivity contribution is 0.247. The predicted molar refractivity (Wildman–Crippen MR) is 123 cm³/mol. The predicted octanol–water partition coefficient (Wildman–Crippen LogP) is -0.885. The van der Waals surface area contributed by atoms with Crippen molar-refractivity contribution in [1.29, 1.82) is 0 Å². The molecule has 1 aliphatic carbocycles. The highest BCUT2D eigenvalue weighted by Gasteiger charge is 2.38. The molecular formula is C21H22ClN5O5S. The number of fused-ring (bicyclic) bond motifs is 1. The quantitative estimate of drug-likeness (QED) is 0.437. The maximum atomic E-state index is 12.8. The number of rotatable bonds is 6. The third-order valence-electron chi connectivity index (χ3n) is 5.41. The van der Waals surface area contributed by atoms with Crippen molar-refractivity contribution in [1.82, 2.24) is 20.0 Å². The number of nitrogens with zero attached hydrogens (tertiary/aromatic N) is 2. The summed E-state index contributed by atoms with van der Waals surface area (Å²) in [6.07, 6.45) is 10.4. The topological polar surface area (TPSA) is 149 Å². The number of halogens is 1. The molecule has 3 heterocycles. The summed E-state index contributed by atoms with van der Waals surface area (Å²) in [6.45, 7) is 1.78. The highest BCUT2D eigenvalue weighted by Crippen LogP contribution is 2.20. The van der Waals surface area contributed by atoms with Crippen LogP contribution in [0, 0.1) is 6.92 Å². The third-order valence-corrected chi connectivity index (χ3v) is 7.45. The van der Waals surface area contributed by atoms with Crippen LogP contribution in [0.15, 0.2) is 51.6 Å². The molecule has 0 radical (unpaired) electrons. The molecule has 0 bridgehead atoms. The van der Waals surface area contributed by atoms with Crippen molar-refractivity contribution in [2.24, 2.45) is 5.73 Å². The Labute approximate surface area is 194 Å². The van der Waals surface area contributed by atoms with Gasteiger partial charge in [0.05, 0.1) is 5.38 Å². The summed E-state index contributed by atoms with van der Waals surface area (Å²) in [5.74, 6) is 0. The molecule has 4 rings (SSSR count). The average Bonchev–Trinajstić information content (AvgIpc) is 2.79. The molecule has 2 aromatic heterocycles. The van der Waals surface area contributed by atoms with Crippen molar-refractivity contribution in [3.63, 3.8) is 0 Å².